The second-order valence-electron chi connectivity index (χ2n) is 4.09. The molecule has 5 heteroatoms. The molecule has 2 aromatic heterocycles. The molecule has 3 N–H and O–H groups in total. The molecule has 0 aromatic carbocycles. The van der Waals surface area contributed by atoms with Crippen LogP contribution in [0.4, 0.5) is 5.82 Å². The van der Waals surface area contributed by atoms with E-state index < -0.39 is 0 Å². The summed E-state index contributed by atoms with van der Waals surface area (Å²) in [7, 11) is 0. The van der Waals surface area contributed by atoms with Crippen molar-refractivity contribution in [3.8, 4) is 0 Å². The van der Waals surface area contributed by atoms with Gasteiger partial charge in [-0.25, -0.2) is 15.0 Å². The molecular weight excluding hydrogens is 226 g/mol. The number of nitrogen functional groups attached to an aromatic ring is 1. The van der Waals surface area contributed by atoms with Gasteiger partial charge in [-0.3, -0.25) is 0 Å². The van der Waals surface area contributed by atoms with Crippen molar-refractivity contribution in [2.75, 3.05) is 12.3 Å². The van der Waals surface area contributed by atoms with Crippen molar-refractivity contribution in [2.45, 2.75) is 19.9 Å². The molecule has 0 bridgehead atoms. The summed E-state index contributed by atoms with van der Waals surface area (Å²) >= 11 is 0. The molecule has 0 saturated carbocycles. The number of aryl methyl sites for hydroxylation is 1. The second-order valence-corrected chi connectivity index (χ2v) is 4.09. The van der Waals surface area contributed by atoms with E-state index in [1.807, 2.05) is 26.0 Å². The number of hydrogen-bond donors (Lipinski definition) is 2. The Morgan fingerprint density at radius 2 is 2.00 bits per heavy atom. The summed E-state index contributed by atoms with van der Waals surface area (Å²) in [5.74, 6) is 1.22. The average Bonchev–Trinajstić information content (AvgIpc) is 2.38. The molecule has 0 aliphatic carbocycles. The highest BCUT2D eigenvalue weighted by Gasteiger charge is 2.18. The van der Waals surface area contributed by atoms with E-state index in [2.05, 4.69) is 20.3 Å². The van der Waals surface area contributed by atoms with Crippen molar-refractivity contribution in [3.05, 3.63) is 47.7 Å². The molecule has 0 radical (unpaired) electrons. The number of aromatic nitrogens is 3. The number of nitrogens with one attached hydrogen (secondary N) is 1. The molecule has 0 spiro atoms. The lowest BCUT2D eigenvalue weighted by molar-refractivity contribution is 0.596. The van der Waals surface area contributed by atoms with Crippen LogP contribution in [-0.2, 0) is 0 Å². The molecular formula is C13H17N5. The van der Waals surface area contributed by atoms with Gasteiger partial charge in [0.2, 0.25) is 0 Å². The first-order valence-corrected chi connectivity index (χ1v) is 5.94. The largest absolute Gasteiger partial charge is 0.383 e. The number of hydrogen-bond acceptors (Lipinski definition) is 5. The van der Waals surface area contributed by atoms with E-state index in [1.54, 1.807) is 18.6 Å². The van der Waals surface area contributed by atoms with E-state index in [-0.39, 0.29) is 6.04 Å². The first kappa shape index (κ1) is 12.4. The minimum Gasteiger partial charge on any atom is -0.383 e. The Morgan fingerprint density at radius 1 is 1.28 bits per heavy atom. The van der Waals surface area contributed by atoms with E-state index in [4.69, 9.17) is 5.73 Å². The van der Waals surface area contributed by atoms with Crippen LogP contribution in [0.25, 0.3) is 0 Å². The van der Waals surface area contributed by atoms with Crippen molar-refractivity contribution in [3.63, 3.8) is 0 Å². The third kappa shape index (κ3) is 2.62. The zero-order valence-electron chi connectivity index (χ0n) is 10.6. The summed E-state index contributed by atoms with van der Waals surface area (Å²) in [5, 5.41) is 3.33. The third-order valence-corrected chi connectivity index (χ3v) is 2.65. The van der Waals surface area contributed by atoms with E-state index in [9.17, 15) is 0 Å². The second kappa shape index (κ2) is 5.55. The van der Waals surface area contributed by atoms with Crippen molar-refractivity contribution in [1.29, 1.82) is 0 Å². The molecule has 0 fully saturated rings. The molecule has 1 unspecified atom stereocenters. The van der Waals surface area contributed by atoms with Crippen LogP contribution in [0.1, 0.15) is 29.9 Å². The van der Waals surface area contributed by atoms with E-state index in [0.29, 0.717) is 11.6 Å². The minimum atomic E-state index is -0.121. The van der Waals surface area contributed by atoms with Crippen molar-refractivity contribution < 1.29 is 0 Å². The smallest absolute Gasteiger partial charge is 0.149 e. The molecule has 0 saturated heterocycles. The molecule has 2 rings (SSSR count). The molecule has 0 amide bonds. The SMILES string of the molecule is CCNC(c1ncc(C)cn1)c1cccnc1N. The Balaban J connectivity index is 2.40. The maximum absolute atomic E-state index is 5.91. The summed E-state index contributed by atoms with van der Waals surface area (Å²) < 4.78 is 0. The van der Waals surface area contributed by atoms with Crippen LogP contribution in [0.3, 0.4) is 0 Å². The fourth-order valence-electron chi connectivity index (χ4n) is 1.77. The fourth-order valence-corrected chi connectivity index (χ4v) is 1.77. The lowest BCUT2D eigenvalue weighted by Gasteiger charge is -2.17. The Labute approximate surface area is 106 Å². The number of nitrogens with two attached hydrogens (primary N) is 1. The van der Waals surface area contributed by atoms with E-state index >= 15 is 0 Å². The maximum atomic E-state index is 5.91. The number of nitrogens with zero attached hydrogens (tertiary/aromatic N) is 3. The summed E-state index contributed by atoms with van der Waals surface area (Å²) in [6, 6.07) is 3.69. The van der Waals surface area contributed by atoms with Crippen LogP contribution >= 0.6 is 0 Å². The van der Waals surface area contributed by atoms with Crippen LogP contribution in [0.5, 0.6) is 0 Å². The van der Waals surface area contributed by atoms with E-state index in [1.165, 1.54) is 0 Å². The predicted octanol–water partition coefficient (Wildman–Crippen LogP) is 1.46. The van der Waals surface area contributed by atoms with Crippen molar-refractivity contribution in [2.24, 2.45) is 0 Å². The summed E-state index contributed by atoms with van der Waals surface area (Å²) in [5.41, 5.74) is 7.85. The Kier molecular flexibility index (Phi) is 3.84. The van der Waals surface area contributed by atoms with Crippen LogP contribution in [0.2, 0.25) is 0 Å². The number of anilines is 1. The van der Waals surface area contributed by atoms with Gasteiger partial charge in [0.15, 0.2) is 0 Å². The molecule has 0 aliphatic heterocycles. The van der Waals surface area contributed by atoms with Crippen LogP contribution in [-0.4, -0.2) is 21.5 Å². The molecule has 2 heterocycles. The highest BCUT2D eigenvalue weighted by atomic mass is 15.0. The number of rotatable bonds is 4. The maximum Gasteiger partial charge on any atom is 0.149 e. The highest BCUT2D eigenvalue weighted by Crippen LogP contribution is 2.22. The molecule has 5 nitrogen and oxygen atoms in total. The van der Waals surface area contributed by atoms with Gasteiger partial charge in [-0.05, 0) is 25.1 Å². The van der Waals surface area contributed by atoms with Gasteiger partial charge in [-0.2, -0.15) is 0 Å². The molecule has 1 atom stereocenters. The summed E-state index contributed by atoms with van der Waals surface area (Å²) in [6.45, 7) is 4.80. The summed E-state index contributed by atoms with van der Waals surface area (Å²) in [4.78, 5) is 12.8. The van der Waals surface area contributed by atoms with Gasteiger partial charge >= 0.3 is 0 Å². The van der Waals surface area contributed by atoms with Crippen molar-refractivity contribution >= 4 is 5.82 Å². The van der Waals surface area contributed by atoms with Gasteiger partial charge in [0.25, 0.3) is 0 Å². The first-order valence-electron chi connectivity index (χ1n) is 5.94. The Bertz CT molecular complexity index is 509. The third-order valence-electron chi connectivity index (χ3n) is 2.65. The summed E-state index contributed by atoms with van der Waals surface area (Å²) in [6.07, 6.45) is 5.29. The molecule has 94 valence electrons. The Morgan fingerprint density at radius 3 is 2.61 bits per heavy atom. The van der Waals surface area contributed by atoms with Gasteiger partial charge in [-0.15, -0.1) is 0 Å². The standard InChI is InChI=1S/C13H17N5/c1-3-15-11(10-5-4-6-16-12(10)14)13-17-7-9(2)8-18-13/h4-8,11,15H,3H2,1-2H3,(H2,14,16). The molecule has 2 aromatic rings. The highest BCUT2D eigenvalue weighted by molar-refractivity contribution is 5.43. The lowest BCUT2D eigenvalue weighted by Crippen LogP contribution is -2.25. The number of pyridine rings is 1. The fraction of sp³-hybridized carbons (Fsp3) is 0.308. The normalized spacial score (nSPS) is 12.3. The van der Waals surface area contributed by atoms with Gasteiger partial charge in [0, 0.05) is 24.2 Å². The topological polar surface area (TPSA) is 76.7 Å². The predicted molar refractivity (Wildman–Crippen MR) is 70.9 cm³/mol. The van der Waals surface area contributed by atoms with Gasteiger partial charge in [0.05, 0.1) is 6.04 Å². The Hall–Kier alpha value is -2.01. The van der Waals surface area contributed by atoms with Crippen LogP contribution in [0, 0.1) is 6.92 Å². The monoisotopic (exact) mass is 243 g/mol. The quantitative estimate of drug-likeness (QED) is 0.850. The minimum absolute atomic E-state index is 0.121. The molecule has 18 heavy (non-hydrogen) atoms. The van der Waals surface area contributed by atoms with Gasteiger partial charge in [-0.1, -0.05) is 13.0 Å². The molecule has 0 aliphatic rings. The average molecular weight is 243 g/mol. The van der Waals surface area contributed by atoms with Crippen molar-refractivity contribution in [1.82, 2.24) is 20.3 Å². The van der Waals surface area contributed by atoms with E-state index in [0.717, 1.165) is 17.7 Å². The zero-order chi connectivity index (χ0) is 13.0. The first-order chi connectivity index (χ1) is 8.72. The van der Waals surface area contributed by atoms with Crippen LogP contribution < -0.4 is 11.1 Å². The van der Waals surface area contributed by atoms with Gasteiger partial charge < -0.3 is 11.1 Å². The lowest BCUT2D eigenvalue weighted by atomic mass is 10.1. The zero-order valence-corrected chi connectivity index (χ0v) is 10.6. The van der Waals surface area contributed by atoms with Crippen LogP contribution in [0.15, 0.2) is 30.7 Å². The van der Waals surface area contributed by atoms with Gasteiger partial charge in [0.1, 0.15) is 11.6 Å².